The van der Waals surface area contributed by atoms with Crippen molar-refractivity contribution in [2.45, 2.75) is 59.2 Å². The quantitative estimate of drug-likeness (QED) is 0.369. The molecule has 0 atom stereocenters. The summed E-state index contributed by atoms with van der Waals surface area (Å²) in [6, 6.07) is 0. The van der Waals surface area contributed by atoms with Gasteiger partial charge in [0, 0.05) is 18.9 Å². The van der Waals surface area contributed by atoms with Crippen molar-refractivity contribution < 1.29 is 28.6 Å². The molecule has 0 saturated carbocycles. The summed E-state index contributed by atoms with van der Waals surface area (Å²) in [5.74, 6) is -1.17. The first kappa shape index (κ1) is 22.1. The highest BCUT2D eigenvalue weighted by Gasteiger charge is 2.30. The molecule has 7 nitrogen and oxygen atoms in total. The highest BCUT2D eigenvalue weighted by Crippen LogP contribution is 2.17. The van der Waals surface area contributed by atoms with E-state index in [0.717, 1.165) is 0 Å². The highest BCUT2D eigenvalue weighted by molar-refractivity contribution is 5.87. The van der Waals surface area contributed by atoms with Crippen LogP contribution in [0.1, 0.15) is 48.0 Å². The van der Waals surface area contributed by atoms with Crippen molar-refractivity contribution in [3.8, 4) is 0 Å². The number of hydrogen-bond acceptors (Lipinski definition) is 6. The van der Waals surface area contributed by atoms with Crippen LogP contribution in [0.2, 0.25) is 0 Å². The number of rotatable bonds is 10. The van der Waals surface area contributed by atoms with Crippen molar-refractivity contribution in [2.75, 3.05) is 19.8 Å². The van der Waals surface area contributed by atoms with Crippen molar-refractivity contribution in [3.05, 3.63) is 12.2 Å². The summed E-state index contributed by atoms with van der Waals surface area (Å²) in [7, 11) is 0. The van der Waals surface area contributed by atoms with Crippen LogP contribution in [0, 0.1) is 0 Å². The number of carbonyl (C=O) groups is 3. The molecule has 0 radical (unpaired) electrons. The molecule has 0 fully saturated rings. The van der Waals surface area contributed by atoms with Gasteiger partial charge in [0.05, 0.1) is 13.2 Å². The summed E-state index contributed by atoms with van der Waals surface area (Å²) in [4.78, 5) is 34.3. The first-order chi connectivity index (χ1) is 10.9. The monoisotopic (exact) mass is 343 g/mol. The first-order valence-electron chi connectivity index (χ1n) is 7.82. The molecule has 1 N–H and O–H groups in total. The van der Waals surface area contributed by atoms with Gasteiger partial charge in [0.2, 0.25) is 0 Å². The topological polar surface area (TPSA) is 90.9 Å². The van der Waals surface area contributed by atoms with E-state index in [9.17, 15) is 14.4 Å². The molecule has 0 unspecified atom stereocenters. The Balaban J connectivity index is 4.17. The number of nitrogens with one attached hydrogen (secondary N) is 1. The molecule has 7 heteroatoms. The Kier molecular flexibility index (Phi) is 8.67. The van der Waals surface area contributed by atoms with Gasteiger partial charge in [0.15, 0.2) is 0 Å². The van der Waals surface area contributed by atoms with E-state index in [1.807, 2.05) is 0 Å². The van der Waals surface area contributed by atoms with Crippen LogP contribution in [0.3, 0.4) is 0 Å². The summed E-state index contributed by atoms with van der Waals surface area (Å²) >= 11 is 0. The largest absolute Gasteiger partial charge is 0.460 e. The van der Waals surface area contributed by atoms with Gasteiger partial charge in [-0.05, 0) is 34.6 Å². The zero-order chi connectivity index (χ0) is 19.0. The lowest BCUT2D eigenvalue weighted by Gasteiger charge is -2.28. The third-order valence-corrected chi connectivity index (χ3v) is 3.10. The van der Waals surface area contributed by atoms with Crippen LogP contribution in [0.15, 0.2) is 12.2 Å². The number of carbonyl (C=O) groups excluding carboxylic acids is 3. The van der Waals surface area contributed by atoms with Crippen LogP contribution in [0.5, 0.6) is 0 Å². The summed E-state index contributed by atoms with van der Waals surface area (Å²) in [6.07, 6.45) is 0.458. The maximum atomic E-state index is 12.1. The zero-order valence-corrected chi connectivity index (χ0v) is 15.5. The first-order valence-corrected chi connectivity index (χ1v) is 7.82. The third-order valence-electron chi connectivity index (χ3n) is 3.10. The van der Waals surface area contributed by atoms with Crippen LogP contribution in [0.25, 0.3) is 0 Å². The van der Waals surface area contributed by atoms with Crippen molar-refractivity contribution in [2.24, 2.45) is 0 Å². The van der Waals surface area contributed by atoms with Gasteiger partial charge in [0.25, 0.3) is 5.91 Å². The Morgan fingerprint density at radius 3 is 2.12 bits per heavy atom. The molecule has 0 bridgehead atoms. The Hall–Kier alpha value is -1.89. The fraction of sp³-hybridized carbons (Fsp3) is 0.706. The van der Waals surface area contributed by atoms with Gasteiger partial charge in [0.1, 0.15) is 17.8 Å². The van der Waals surface area contributed by atoms with Crippen molar-refractivity contribution >= 4 is 17.8 Å². The molecule has 0 aliphatic rings. The maximum absolute atomic E-state index is 12.1. The number of hydrogen-bond donors (Lipinski definition) is 1. The molecule has 138 valence electrons. The predicted octanol–water partition coefficient (Wildman–Crippen LogP) is 1.75. The highest BCUT2D eigenvalue weighted by atomic mass is 16.6. The van der Waals surface area contributed by atoms with Crippen LogP contribution < -0.4 is 5.32 Å². The second-order valence-corrected chi connectivity index (χ2v) is 6.63. The predicted molar refractivity (Wildman–Crippen MR) is 89.3 cm³/mol. The molecule has 0 aliphatic carbocycles. The van der Waals surface area contributed by atoms with Crippen LogP contribution >= 0.6 is 0 Å². The van der Waals surface area contributed by atoms with E-state index in [-0.39, 0.29) is 31.6 Å². The molecule has 24 heavy (non-hydrogen) atoms. The van der Waals surface area contributed by atoms with Crippen molar-refractivity contribution in [3.63, 3.8) is 0 Å². The molecule has 0 heterocycles. The lowest BCUT2D eigenvalue weighted by molar-refractivity contribution is -0.158. The lowest BCUT2D eigenvalue weighted by Crippen LogP contribution is -2.46. The van der Waals surface area contributed by atoms with E-state index in [4.69, 9.17) is 14.2 Å². The second kappa shape index (κ2) is 9.42. The molecule has 0 rings (SSSR count). The minimum atomic E-state index is -1.05. The molecule has 0 saturated heterocycles. The van der Waals surface area contributed by atoms with E-state index in [1.54, 1.807) is 34.6 Å². The average Bonchev–Trinajstić information content (AvgIpc) is 2.40. The van der Waals surface area contributed by atoms with Crippen LogP contribution in [-0.4, -0.2) is 48.8 Å². The maximum Gasteiger partial charge on any atom is 0.333 e. The van der Waals surface area contributed by atoms with Crippen LogP contribution in [-0.2, 0) is 28.6 Å². The van der Waals surface area contributed by atoms with Crippen molar-refractivity contribution in [1.29, 1.82) is 0 Å². The molecule has 0 aromatic rings. The van der Waals surface area contributed by atoms with E-state index in [1.165, 1.54) is 6.92 Å². The Morgan fingerprint density at radius 2 is 1.62 bits per heavy atom. The standard InChI is InChI=1S/C17H29NO6/c1-12(2)14(20)22-11-9-18-15(21)17(6,7)23-10-8-16(4,5)24-13(3)19/h1,8-11H2,2-7H3,(H,18,21). The SMILES string of the molecule is C=C(C)C(=O)OCCNC(=O)C(C)(C)OCCC(C)(C)OC(C)=O. The van der Waals surface area contributed by atoms with E-state index in [0.29, 0.717) is 12.0 Å². The van der Waals surface area contributed by atoms with Crippen LogP contribution in [0.4, 0.5) is 0 Å². The number of ether oxygens (including phenoxy) is 3. The Bertz CT molecular complexity index is 481. The minimum absolute atomic E-state index is 0.0625. The molecule has 0 aromatic heterocycles. The summed E-state index contributed by atoms with van der Waals surface area (Å²) < 4.78 is 15.6. The second-order valence-electron chi connectivity index (χ2n) is 6.63. The molecule has 0 aromatic carbocycles. The summed E-state index contributed by atoms with van der Waals surface area (Å²) in [6.45, 7) is 13.7. The molecule has 0 spiro atoms. The number of esters is 2. The number of amides is 1. The van der Waals surface area contributed by atoms with Gasteiger partial charge in [-0.3, -0.25) is 9.59 Å². The van der Waals surface area contributed by atoms with E-state index < -0.39 is 17.2 Å². The van der Waals surface area contributed by atoms with Gasteiger partial charge < -0.3 is 19.5 Å². The van der Waals surface area contributed by atoms with Gasteiger partial charge in [-0.25, -0.2) is 4.79 Å². The lowest BCUT2D eigenvalue weighted by atomic mass is 10.1. The Labute approximate surface area is 143 Å². The minimum Gasteiger partial charge on any atom is -0.460 e. The third kappa shape index (κ3) is 9.29. The fourth-order valence-electron chi connectivity index (χ4n) is 1.70. The molecule has 1 amide bonds. The summed E-state index contributed by atoms with van der Waals surface area (Å²) in [5, 5.41) is 2.64. The average molecular weight is 343 g/mol. The molecular weight excluding hydrogens is 314 g/mol. The van der Waals surface area contributed by atoms with Gasteiger partial charge >= 0.3 is 11.9 Å². The molecule has 0 aliphatic heterocycles. The van der Waals surface area contributed by atoms with Gasteiger partial charge in [-0.15, -0.1) is 0 Å². The van der Waals surface area contributed by atoms with Gasteiger partial charge in [-0.1, -0.05) is 6.58 Å². The van der Waals surface area contributed by atoms with E-state index in [2.05, 4.69) is 11.9 Å². The van der Waals surface area contributed by atoms with Gasteiger partial charge in [-0.2, -0.15) is 0 Å². The zero-order valence-electron chi connectivity index (χ0n) is 15.5. The van der Waals surface area contributed by atoms with Crippen molar-refractivity contribution in [1.82, 2.24) is 5.32 Å². The normalized spacial score (nSPS) is 11.6. The fourth-order valence-corrected chi connectivity index (χ4v) is 1.70. The molecular formula is C17H29NO6. The van der Waals surface area contributed by atoms with E-state index >= 15 is 0 Å². The summed E-state index contributed by atoms with van der Waals surface area (Å²) in [5.41, 5.74) is -1.40. The Morgan fingerprint density at radius 1 is 1.04 bits per heavy atom. The smallest absolute Gasteiger partial charge is 0.333 e.